The van der Waals surface area contributed by atoms with Crippen molar-refractivity contribution in [2.45, 2.75) is 89.9 Å². The molecule has 0 aliphatic rings. The van der Waals surface area contributed by atoms with Gasteiger partial charge in [0.05, 0.1) is 0 Å². The third-order valence-corrected chi connectivity index (χ3v) is 12.7. The molecule has 1 atom stereocenters. The van der Waals surface area contributed by atoms with Crippen molar-refractivity contribution in [2.75, 3.05) is 19.6 Å². The number of carbonyl (C=O) groups is 3. The molecular formula is C57H65N3O6. The number of benzene rings is 6. The highest BCUT2D eigenvalue weighted by molar-refractivity contribution is 5.71. The van der Waals surface area contributed by atoms with Crippen LogP contribution in [0.3, 0.4) is 0 Å². The van der Waals surface area contributed by atoms with Gasteiger partial charge in [0.25, 0.3) is 0 Å². The molecule has 0 aromatic heterocycles. The summed E-state index contributed by atoms with van der Waals surface area (Å²) >= 11 is 0. The normalized spacial score (nSPS) is 12.1. The van der Waals surface area contributed by atoms with Crippen molar-refractivity contribution in [3.8, 4) is 17.2 Å². The van der Waals surface area contributed by atoms with Gasteiger partial charge in [-0.1, -0.05) is 175 Å². The Morgan fingerprint density at radius 3 is 1.02 bits per heavy atom. The van der Waals surface area contributed by atoms with Gasteiger partial charge >= 0.3 is 18.3 Å². The quantitative estimate of drug-likeness (QED) is 0.0658. The highest BCUT2D eigenvalue weighted by atomic mass is 16.6. The summed E-state index contributed by atoms with van der Waals surface area (Å²) in [5.41, 5.74) is 6.35. The van der Waals surface area contributed by atoms with Crippen LogP contribution in [0.5, 0.6) is 17.2 Å². The van der Waals surface area contributed by atoms with E-state index in [-0.39, 0.29) is 22.2 Å². The smallest absolute Gasteiger partial charge is 0.410 e. The van der Waals surface area contributed by atoms with Crippen LogP contribution in [0, 0.1) is 5.92 Å². The van der Waals surface area contributed by atoms with Crippen molar-refractivity contribution in [3.63, 3.8) is 0 Å². The number of rotatable bonds is 20. The summed E-state index contributed by atoms with van der Waals surface area (Å²) in [6.45, 7) is 14.3. The van der Waals surface area contributed by atoms with Crippen LogP contribution in [0.1, 0.15) is 107 Å². The topological polar surface area (TPSA) is 115 Å². The first kappa shape index (κ1) is 48.6. The summed E-state index contributed by atoms with van der Waals surface area (Å²) < 4.78 is 16.8. The molecule has 6 aromatic carbocycles. The predicted molar refractivity (Wildman–Crippen MR) is 264 cm³/mol. The standard InChI is InChI=1S/C57H65N3O6/c1-55(2,43-21-10-7-11-22-43)46-27-33-49(34-28-46)64-52(61)58-39-17-16-19-42(41-60-54(63)66-51-37-31-48(32-38-51)57(5,6)45-25-14-9-15-26-45)20-18-40-59-53(62)65-50-35-29-47(30-36-50)56(3,4)44-23-12-8-13-24-44/h7-15,21-38,42H,16-20,39-41H2,1-6H3,(H,58,61)(H,59,62)(H,60,63). The SMILES string of the molecule is CC(C)(c1ccccc1)c1ccc(OC(=O)NCCCCC(CCCNC(=O)Oc2ccc(C(C)(C)c3ccccc3)cc2)CNC(=O)Oc2ccc(C(C)(C)c3ccccc3)cc2)cc1. The lowest BCUT2D eigenvalue weighted by molar-refractivity contribution is 0.196. The molecule has 9 heteroatoms. The van der Waals surface area contributed by atoms with E-state index in [9.17, 15) is 14.4 Å². The predicted octanol–water partition coefficient (Wildman–Crippen LogP) is 12.9. The Morgan fingerprint density at radius 2 is 0.667 bits per heavy atom. The van der Waals surface area contributed by atoms with Crippen LogP contribution in [0.2, 0.25) is 0 Å². The molecule has 9 nitrogen and oxygen atoms in total. The average molecular weight is 888 g/mol. The van der Waals surface area contributed by atoms with Gasteiger partial charge in [0, 0.05) is 35.9 Å². The Bertz CT molecular complexity index is 2440. The first-order valence-corrected chi connectivity index (χ1v) is 23.1. The largest absolute Gasteiger partial charge is 0.412 e. The molecule has 0 aliphatic carbocycles. The molecule has 3 N–H and O–H groups in total. The Labute approximate surface area is 391 Å². The van der Waals surface area contributed by atoms with Crippen LogP contribution in [-0.2, 0) is 16.2 Å². The number of hydrogen-bond donors (Lipinski definition) is 3. The molecule has 0 spiro atoms. The number of nitrogens with one attached hydrogen (secondary N) is 3. The van der Waals surface area contributed by atoms with E-state index in [1.807, 2.05) is 127 Å². The molecule has 6 rings (SSSR count). The summed E-state index contributed by atoms with van der Waals surface area (Å²) in [5, 5.41) is 8.69. The van der Waals surface area contributed by atoms with Crippen molar-refractivity contribution in [2.24, 2.45) is 5.92 Å². The van der Waals surface area contributed by atoms with Gasteiger partial charge in [-0.2, -0.15) is 0 Å². The Hall–Kier alpha value is -6.87. The second-order valence-electron chi connectivity index (χ2n) is 18.5. The van der Waals surface area contributed by atoms with Crippen LogP contribution >= 0.6 is 0 Å². The molecule has 0 fully saturated rings. The third kappa shape index (κ3) is 13.6. The monoisotopic (exact) mass is 887 g/mol. The molecule has 344 valence electrons. The van der Waals surface area contributed by atoms with Gasteiger partial charge in [-0.05, 0) is 101 Å². The molecule has 3 amide bonds. The molecule has 66 heavy (non-hydrogen) atoms. The average Bonchev–Trinajstić information content (AvgIpc) is 3.33. The second-order valence-corrected chi connectivity index (χ2v) is 18.5. The van der Waals surface area contributed by atoms with E-state index in [0.717, 1.165) is 42.4 Å². The summed E-state index contributed by atoms with van der Waals surface area (Å²) in [7, 11) is 0. The van der Waals surface area contributed by atoms with E-state index in [1.165, 1.54) is 16.7 Å². The van der Waals surface area contributed by atoms with Crippen molar-refractivity contribution in [1.82, 2.24) is 16.0 Å². The van der Waals surface area contributed by atoms with Crippen LogP contribution < -0.4 is 30.2 Å². The Morgan fingerprint density at radius 1 is 0.379 bits per heavy atom. The fraction of sp³-hybridized carbons (Fsp3) is 0.316. The zero-order valence-electron chi connectivity index (χ0n) is 39.3. The first-order chi connectivity index (χ1) is 31.7. The summed E-state index contributed by atoms with van der Waals surface area (Å²) in [5.74, 6) is 1.49. The minimum atomic E-state index is -0.531. The number of unbranched alkanes of at least 4 members (excludes halogenated alkanes) is 1. The van der Waals surface area contributed by atoms with Crippen molar-refractivity contribution < 1.29 is 28.6 Å². The fourth-order valence-corrected chi connectivity index (χ4v) is 8.22. The molecule has 0 radical (unpaired) electrons. The minimum Gasteiger partial charge on any atom is -0.410 e. The molecule has 6 aromatic rings. The van der Waals surface area contributed by atoms with Gasteiger partial charge in [-0.25, -0.2) is 14.4 Å². The number of carbonyl (C=O) groups excluding carboxylic acids is 3. The van der Waals surface area contributed by atoms with E-state index in [4.69, 9.17) is 14.2 Å². The molecule has 1 unspecified atom stereocenters. The number of amides is 3. The van der Waals surface area contributed by atoms with Crippen LogP contribution in [0.25, 0.3) is 0 Å². The lowest BCUT2D eigenvalue weighted by atomic mass is 9.78. The van der Waals surface area contributed by atoms with E-state index < -0.39 is 18.3 Å². The van der Waals surface area contributed by atoms with Gasteiger partial charge in [0.15, 0.2) is 0 Å². The van der Waals surface area contributed by atoms with Gasteiger partial charge in [-0.3, -0.25) is 0 Å². The van der Waals surface area contributed by atoms with Gasteiger partial charge < -0.3 is 30.2 Å². The van der Waals surface area contributed by atoms with E-state index in [0.29, 0.717) is 43.3 Å². The van der Waals surface area contributed by atoms with E-state index >= 15 is 0 Å². The molecule has 0 bridgehead atoms. The lowest BCUT2D eigenvalue weighted by Crippen LogP contribution is -2.33. The van der Waals surface area contributed by atoms with Gasteiger partial charge in [-0.15, -0.1) is 0 Å². The van der Waals surface area contributed by atoms with Gasteiger partial charge in [0.2, 0.25) is 0 Å². The Balaban J connectivity index is 0.965. The molecule has 0 saturated heterocycles. The molecular weight excluding hydrogens is 823 g/mol. The molecule has 0 heterocycles. The van der Waals surface area contributed by atoms with E-state index in [1.54, 1.807) is 0 Å². The highest BCUT2D eigenvalue weighted by Gasteiger charge is 2.25. The summed E-state index contributed by atoms with van der Waals surface area (Å²) in [6.07, 6.45) is 2.16. The van der Waals surface area contributed by atoms with Gasteiger partial charge in [0.1, 0.15) is 17.2 Å². The zero-order valence-corrected chi connectivity index (χ0v) is 39.3. The van der Waals surface area contributed by atoms with E-state index in [2.05, 4.69) is 93.9 Å². The highest BCUT2D eigenvalue weighted by Crippen LogP contribution is 2.35. The zero-order chi connectivity index (χ0) is 47.0. The minimum absolute atomic E-state index is 0.0931. The Kier molecular flexibility index (Phi) is 16.8. The van der Waals surface area contributed by atoms with Crippen molar-refractivity contribution in [1.29, 1.82) is 0 Å². The lowest BCUT2D eigenvalue weighted by Gasteiger charge is -2.26. The second kappa shape index (κ2) is 22.8. The van der Waals surface area contributed by atoms with Crippen LogP contribution in [0.15, 0.2) is 164 Å². The maximum atomic E-state index is 13.0. The van der Waals surface area contributed by atoms with Crippen LogP contribution in [-0.4, -0.2) is 37.9 Å². The maximum absolute atomic E-state index is 13.0. The number of hydrogen-bond acceptors (Lipinski definition) is 6. The number of ether oxygens (including phenoxy) is 3. The maximum Gasteiger partial charge on any atom is 0.412 e. The fourth-order valence-electron chi connectivity index (χ4n) is 8.22. The summed E-state index contributed by atoms with van der Waals surface area (Å²) in [6, 6.07) is 53.8. The molecule has 0 saturated carbocycles. The molecule has 0 aliphatic heterocycles. The van der Waals surface area contributed by atoms with Crippen LogP contribution in [0.4, 0.5) is 14.4 Å². The third-order valence-electron chi connectivity index (χ3n) is 12.7. The van der Waals surface area contributed by atoms with Crippen molar-refractivity contribution in [3.05, 3.63) is 197 Å². The first-order valence-electron chi connectivity index (χ1n) is 23.1. The summed E-state index contributed by atoms with van der Waals surface area (Å²) in [4.78, 5) is 38.5. The van der Waals surface area contributed by atoms with Crippen molar-refractivity contribution >= 4 is 18.3 Å².